The van der Waals surface area contributed by atoms with Gasteiger partial charge in [-0.15, -0.1) is 0 Å². The molecule has 2 heterocycles. The molecule has 1 aliphatic heterocycles. The summed E-state index contributed by atoms with van der Waals surface area (Å²) >= 11 is 12.3. The Morgan fingerprint density at radius 3 is 2.60 bits per heavy atom. The monoisotopic (exact) mass is 443 g/mol. The van der Waals surface area contributed by atoms with Crippen molar-refractivity contribution >= 4 is 45.8 Å². The first-order valence-electron chi connectivity index (χ1n) is 10.1. The van der Waals surface area contributed by atoms with E-state index in [9.17, 15) is 9.59 Å². The van der Waals surface area contributed by atoms with E-state index < -0.39 is 0 Å². The number of anilines is 1. The van der Waals surface area contributed by atoms with Gasteiger partial charge in [0.05, 0.1) is 15.6 Å². The van der Waals surface area contributed by atoms with E-state index in [4.69, 9.17) is 23.2 Å². The van der Waals surface area contributed by atoms with Crippen LogP contribution in [0.3, 0.4) is 0 Å². The number of carbonyl (C=O) groups is 1. The van der Waals surface area contributed by atoms with E-state index in [1.165, 1.54) is 10.6 Å². The summed E-state index contributed by atoms with van der Waals surface area (Å²) in [4.78, 5) is 30.0. The summed E-state index contributed by atoms with van der Waals surface area (Å²) in [5.41, 5.74) is 1.32. The van der Waals surface area contributed by atoms with Gasteiger partial charge in [0, 0.05) is 37.4 Å². The summed E-state index contributed by atoms with van der Waals surface area (Å²) in [5, 5.41) is 1.91. The molecule has 1 unspecified atom stereocenters. The minimum Gasteiger partial charge on any atom is -0.365 e. The van der Waals surface area contributed by atoms with Gasteiger partial charge in [-0.2, -0.15) is 0 Å². The Morgan fingerprint density at radius 1 is 1.03 bits per heavy atom. The fourth-order valence-corrected chi connectivity index (χ4v) is 4.43. The van der Waals surface area contributed by atoms with Crippen molar-refractivity contribution < 1.29 is 4.79 Å². The number of rotatable bonds is 3. The van der Waals surface area contributed by atoms with Gasteiger partial charge in [0.15, 0.2) is 0 Å². The third kappa shape index (κ3) is 3.92. The first kappa shape index (κ1) is 20.8. The zero-order chi connectivity index (χ0) is 21.3. The largest absolute Gasteiger partial charge is 0.365 e. The molecule has 0 bridgehead atoms. The molecule has 1 fully saturated rings. The number of piperazine rings is 1. The molecule has 0 radical (unpaired) electrons. The van der Waals surface area contributed by atoms with Gasteiger partial charge < -0.3 is 9.80 Å². The van der Waals surface area contributed by atoms with E-state index in [0.717, 1.165) is 23.9 Å². The molecule has 0 spiro atoms. The van der Waals surface area contributed by atoms with E-state index in [-0.39, 0.29) is 17.6 Å². The summed E-state index contributed by atoms with van der Waals surface area (Å²) in [6, 6.07) is 16.2. The topological polar surface area (TPSA) is 45.6 Å². The van der Waals surface area contributed by atoms with Crippen molar-refractivity contribution in [2.24, 2.45) is 0 Å². The van der Waals surface area contributed by atoms with Crippen molar-refractivity contribution in [2.75, 3.05) is 24.5 Å². The number of aromatic nitrogens is 1. The second-order valence-corrected chi connectivity index (χ2v) is 8.34. The third-order valence-corrected chi connectivity index (χ3v) is 6.34. The average Bonchev–Trinajstić information content (AvgIpc) is 2.75. The number of amides is 1. The zero-order valence-corrected chi connectivity index (χ0v) is 18.2. The summed E-state index contributed by atoms with van der Waals surface area (Å²) in [7, 11) is 0. The van der Waals surface area contributed by atoms with Crippen molar-refractivity contribution in [3.8, 4) is 0 Å². The maximum atomic E-state index is 13.4. The normalized spacial score (nSPS) is 16.8. The van der Waals surface area contributed by atoms with Gasteiger partial charge in [-0.05, 0) is 42.1 Å². The molecule has 1 atom stereocenters. The molecular formula is C23H23Cl2N3O2. The van der Waals surface area contributed by atoms with Crippen molar-refractivity contribution in [3.63, 3.8) is 0 Å². The van der Waals surface area contributed by atoms with Crippen molar-refractivity contribution in [3.05, 3.63) is 75.0 Å². The summed E-state index contributed by atoms with van der Waals surface area (Å²) in [6.07, 6.45) is 1.91. The highest BCUT2D eigenvalue weighted by Gasteiger charge is 2.31. The number of carbonyl (C=O) groups excluding carboxylic acids is 1. The highest BCUT2D eigenvalue weighted by Crippen LogP contribution is 2.30. The lowest BCUT2D eigenvalue weighted by atomic mass is 10.1. The molecule has 7 heteroatoms. The zero-order valence-electron chi connectivity index (χ0n) is 16.7. The van der Waals surface area contributed by atoms with Crippen LogP contribution in [0, 0.1) is 0 Å². The Kier molecular flexibility index (Phi) is 6.02. The summed E-state index contributed by atoms with van der Waals surface area (Å²) in [6.45, 7) is 3.86. The SMILES string of the molecule is CCCC1CN(C(=O)n2c(=O)ccc3ccccc32)CCN1c1ccc(Cl)c(Cl)c1. The Labute approximate surface area is 185 Å². The van der Waals surface area contributed by atoms with Crippen LogP contribution < -0.4 is 10.5 Å². The number of pyridine rings is 1. The van der Waals surface area contributed by atoms with E-state index >= 15 is 0 Å². The Bertz CT molecular complexity index is 1140. The maximum Gasteiger partial charge on any atom is 0.331 e. The molecule has 1 saturated heterocycles. The Morgan fingerprint density at radius 2 is 1.83 bits per heavy atom. The molecule has 5 nitrogen and oxygen atoms in total. The summed E-state index contributed by atoms with van der Waals surface area (Å²) < 4.78 is 1.28. The van der Waals surface area contributed by atoms with Crippen molar-refractivity contribution in [1.82, 2.24) is 9.47 Å². The molecule has 0 N–H and O–H groups in total. The van der Waals surface area contributed by atoms with Gasteiger partial charge in [0.25, 0.3) is 5.56 Å². The summed E-state index contributed by atoms with van der Waals surface area (Å²) in [5.74, 6) is 0. The number of benzene rings is 2. The van der Waals surface area contributed by atoms with Gasteiger partial charge in [-0.3, -0.25) is 4.79 Å². The fourth-order valence-electron chi connectivity index (χ4n) is 4.14. The standard InChI is InChI=1S/C23H23Cl2N3O2/c1-2-5-18-15-26(12-13-27(18)17-9-10-19(24)20(25)14-17)23(30)28-21-7-4-3-6-16(21)8-11-22(28)29/h3-4,6-11,14,18H,2,5,12-13,15H2,1H3. The van der Waals surface area contributed by atoms with Crippen LogP contribution in [-0.4, -0.2) is 41.2 Å². The molecule has 0 aliphatic carbocycles. The smallest absolute Gasteiger partial charge is 0.331 e. The van der Waals surface area contributed by atoms with Crippen LogP contribution in [-0.2, 0) is 0 Å². The second kappa shape index (κ2) is 8.70. The number of hydrogen-bond acceptors (Lipinski definition) is 3. The first-order valence-corrected chi connectivity index (χ1v) is 10.9. The van der Waals surface area contributed by atoms with Crippen LogP contribution >= 0.6 is 23.2 Å². The number of halogens is 2. The molecule has 1 amide bonds. The van der Waals surface area contributed by atoms with E-state index in [0.29, 0.717) is 35.2 Å². The lowest BCUT2D eigenvalue weighted by molar-refractivity contribution is 0.185. The highest BCUT2D eigenvalue weighted by atomic mass is 35.5. The lowest BCUT2D eigenvalue weighted by Gasteiger charge is -2.43. The maximum absolute atomic E-state index is 13.4. The van der Waals surface area contributed by atoms with Crippen LogP contribution in [0.2, 0.25) is 10.0 Å². The van der Waals surface area contributed by atoms with Crippen LogP contribution in [0.25, 0.3) is 10.9 Å². The van der Waals surface area contributed by atoms with Crippen molar-refractivity contribution in [2.45, 2.75) is 25.8 Å². The Hall–Kier alpha value is -2.50. The van der Waals surface area contributed by atoms with E-state index in [1.807, 2.05) is 36.4 Å². The quantitative estimate of drug-likeness (QED) is 0.553. The van der Waals surface area contributed by atoms with E-state index in [2.05, 4.69) is 11.8 Å². The minimum absolute atomic E-state index is 0.135. The molecular weight excluding hydrogens is 421 g/mol. The molecule has 0 saturated carbocycles. The van der Waals surface area contributed by atoms with Gasteiger partial charge in [-0.1, -0.05) is 54.7 Å². The van der Waals surface area contributed by atoms with Gasteiger partial charge in [0.2, 0.25) is 0 Å². The number of fused-ring (bicyclic) bond motifs is 1. The lowest BCUT2D eigenvalue weighted by Crippen LogP contribution is -2.56. The molecule has 156 valence electrons. The number of nitrogens with zero attached hydrogens (tertiary/aromatic N) is 3. The molecule has 2 aromatic carbocycles. The third-order valence-electron chi connectivity index (χ3n) is 5.60. The Balaban J connectivity index is 1.63. The van der Waals surface area contributed by atoms with Gasteiger partial charge in [-0.25, -0.2) is 9.36 Å². The predicted molar refractivity (Wildman–Crippen MR) is 123 cm³/mol. The second-order valence-electron chi connectivity index (χ2n) is 7.53. The molecule has 3 aromatic rings. The highest BCUT2D eigenvalue weighted by molar-refractivity contribution is 6.42. The van der Waals surface area contributed by atoms with Gasteiger partial charge in [0.1, 0.15) is 0 Å². The molecule has 4 rings (SSSR count). The first-order chi connectivity index (χ1) is 14.5. The van der Waals surface area contributed by atoms with Crippen LogP contribution in [0.15, 0.2) is 59.4 Å². The van der Waals surface area contributed by atoms with Crippen LogP contribution in [0.1, 0.15) is 19.8 Å². The minimum atomic E-state index is -0.308. The molecule has 1 aliphatic rings. The fraction of sp³-hybridized carbons (Fsp3) is 0.304. The van der Waals surface area contributed by atoms with Crippen molar-refractivity contribution in [1.29, 1.82) is 0 Å². The average molecular weight is 444 g/mol. The molecule has 1 aromatic heterocycles. The number of para-hydroxylation sites is 1. The van der Waals surface area contributed by atoms with Crippen LogP contribution in [0.4, 0.5) is 10.5 Å². The molecule has 30 heavy (non-hydrogen) atoms. The van der Waals surface area contributed by atoms with E-state index in [1.54, 1.807) is 17.0 Å². The van der Waals surface area contributed by atoms with Crippen LogP contribution in [0.5, 0.6) is 0 Å². The number of hydrogen-bond donors (Lipinski definition) is 0. The van der Waals surface area contributed by atoms with Gasteiger partial charge >= 0.3 is 6.03 Å². The predicted octanol–water partition coefficient (Wildman–Crippen LogP) is 5.27.